The van der Waals surface area contributed by atoms with Crippen LogP contribution in [0.25, 0.3) is 0 Å². The van der Waals surface area contributed by atoms with E-state index in [0.29, 0.717) is 0 Å². The molecule has 0 aliphatic rings. The molecule has 80 valence electrons. The fourth-order valence-electron chi connectivity index (χ4n) is 1.76. The fraction of sp³-hybridized carbons (Fsp3) is 0.429. The molecule has 15 heavy (non-hydrogen) atoms. The zero-order valence-electron chi connectivity index (χ0n) is 9.66. The minimum absolute atomic E-state index is 0.999. The highest BCUT2D eigenvalue weighted by atomic mass is 15.1. The van der Waals surface area contributed by atoms with Gasteiger partial charge in [0.2, 0.25) is 0 Å². The van der Waals surface area contributed by atoms with Crippen molar-refractivity contribution in [3.63, 3.8) is 0 Å². The summed E-state index contributed by atoms with van der Waals surface area (Å²) < 4.78 is 0. The van der Waals surface area contributed by atoms with Crippen molar-refractivity contribution in [3.8, 4) is 12.3 Å². The van der Waals surface area contributed by atoms with E-state index < -0.39 is 0 Å². The maximum atomic E-state index is 5.50. The van der Waals surface area contributed by atoms with E-state index in [1.54, 1.807) is 0 Å². The third kappa shape index (κ3) is 3.02. The molecule has 1 nitrogen and oxygen atoms in total. The van der Waals surface area contributed by atoms with Gasteiger partial charge < -0.3 is 4.90 Å². The first-order valence-electron chi connectivity index (χ1n) is 5.64. The molecule has 0 aliphatic carbocycles. The van der Waals surface area contributed by atoms with Crippen LogP contribution < -0.4 is 4.90 Å². The maximum Gasteiger partial charge on any atom is 0.0525 e. The third-order valence-electron chi connectivity index (χ3n) is 2.39. The summed E-state index contributed by atoms with van der Waals surface area (Å²) in [6.45, 7) is 6.54. The van der Waals surface area contributed by atoms with Crippen LogP contribution in [0.2, 0.25) is 0 Å². The van der Waals surface area contributed by atoms with Gasteiger partial charge in [-0.15, -0.1) is 6.42 Å². The van der Waals surface area contributed by atoms with Gasteiger partial charge in [-0.1, -0.05) is 31.9 Å². The summed E-state index contributed by atoms with van der Waals surface area (Å²) in [6, 6.07) is 8.16. The number of hydrogen-bond donors (Lipinski definition) is 0. The number of para-hydroxylation sites is 1. The molecule has 0 radical (unpaired) electrons. The van der Waals surface area contributed by atoms with Crippen LogP contribution in [-0.2, 0) is 0 Å². The second-order valence-corrected chi connectivity index (χ2v) is 3.65. The number of hydrogen-bond acceptors (Lipinski definition) is 1. The molecule has 1 aromatic carbocycles. The molecule has 0 saturated carbocycles. The summed E-state index contributed by atoms with van der Waals surface area (Å²) in [5, 5.41) is 0. The van der Waals surface area contributed by atoms with Crippen molar-refractivity contribution < 1.29 is 0 Å². The van der Waals surface area contributed by atoms with Gasteiger partial charge in [-0.3, -0.25) is 0 Å². The van der Waals surface area contributed by atoms with E-state index in [4.69, 9.17) is 6.42 Å². The summed E-state index contributed by atoms with van der Waals surface area (Å²) in [5.41, 5.74) is 2.20. The van der Waals surface area contributed by atoms with Gasteiger partial charge in [-0.25, -0.2) is 0 Å². The molecule has 0 atom stereocenters. The monoisotopic (exact) mass is 201 g/mol. The number of rotatable bonds is 5. The SMILES string of the molecule is C#Cc1ccccc1N(CCC)CCC. The normalized spacial score (nSPS) is 9.67. The quantitative estimate of drug-likeness (QED) is 0.661. The largest absolute Gasteiger partial charge is 0.371 e. The van der Waals surface area contributed by atoms with Crippen LogP contribution >= 0.6 is 0 Å². The maximum absolute atomic E-state index is 5.50. The van der Waals surface area contributed by atoms with Crippen LogP contribution in [0, 0.1) is 12.3 Å². The summed E-state index contributed by atoms with van der Waals surface area (Å²) in [4.78, 5) is 2.37. The molecule has 0 aliphatic heterocycles. The van der Waals surface area contributed by atoms with Crippen LogP contribution in [0.1, 0.15) is 32.3 Å². The minimum atomic E-state index is 0.999. The lowest BCUT2D eigenvalue weighted by Gasteiger charge is -2.24. The Labute approximate surface area is 93.1 Å². The predicted molar refractivity (Wildman–Crippen MR) is 67.2 cm³/mol. The Balaban J connectivity index is 2.94. The number of benzene rings is 1. The standard InChI is InChI=1S/C14H19N/c1-4-11-15(12-5-2)14-10-8-7-9-13(14)6-3/h3,7-10H,4-5,11-12H2,1-2H3. The lowest BCUT2D eigenvalue weighted by atomic mass is 10.1. The van der Waals surface area contributed by atoms with Gasteiger partial charge in [0.1, 0.15) is 0 Å². The van der Waals surface area contributed by atoms with Crippen LogP contribution in [0.3, 0.4) is 0 Å². The zero-order valence-corrected chi connectivity index (χ0v) is 9.66. The first-order valence-corrected chi connectivity index (χ1v) is 5.64. The van der Waals surface area contributed by atoms with Crippen molar-refractivity contribution in [3.05, 3.63) is 29.8 Å². The molecule has 1 rings (SSSR count). The second kappa shape index (κ2) is 6.14. The van der Waals surface area contributed by atoms with Crippen molar-refractivity contribution in [1.29, 1.82) is 0 Å². The van der Waals surface area contributed by atoms with Crippen LogP contribution in [0.15, 0.2) is 24.3 Å². The number of anilines is 1. The smallest absolute Gasteiger partial charge is 0.0525 e. The highest BCUT2D eigenvalue weighted by Gasteiger charge is 2.07. The lowest BCUT2D eigenvalue weighted by Crippen LogP contribution is -2.25. The van der Waals surface area contributed by atoms with Crippen molar-refractivity contribution in [1.82, 2.24) is 0 Å². The lowest BCUT2D eigenvalue weighted by molar-refractivity contribution is 0.744. The van der Waals surface area contributed by atoms with E-state index in [1.165, 1.54) is 5.69 Å². The molecule has 0 spiro atoms. The van der Waals surface area contributed by atoms with E-state index in [1.807, 2.05) is 12.1 Å². The molecule has 0 heterocycles. The Kier molecular flexibility index (Phi) is 4.77. The average Bonchev–Trinajstić information content (AvgIpc) is 2.29. The number of terminal acetylenes is 1. The molecule has 0 amide bonds. The van der Waals surface area contributed by atoms with E-state index in [9.17, 15) is 0 Å². The average molecular weight is 201 g/mol. The Hall–Kier alpha value is -1.42. The zero-order chi connectivity index (χ0) is 11.1. The van der Waals surface area contributed by atoms with Crippen molar-refractivity contribution >= 4 is 5.69 Å². The summed E-state index contributed by atoms with van der Waals surface area (Å²) in [5.74, 6) is 2.75. The van der Waals surface area contributed by atoms with Gasteiger partial charge in [0.25, 0.3) is 0 Å². The summed E-state index contributed by atoms with van der Waals surface area (Å²) in [7, 11) is 0. The van der Waals surface area contributed by atoms with Gasteiger partial charge in [0, 0.05) is 18.7 Å². The molecule has 0 N–H and O–H groups in total. The molecular formula is C14H19N. The van der Waals surface area contributed by atoms with Crippen molar-refractivity contribution in [2.24, 2.45) is 0 Å². The van der Waals surface area contributed by atoms with Crippen molar-refractivity contribution in [2.45, 2.75) is 26.7 Å². The molecule has 0 bridgehead atoms. The highest BCUT2D eigenvalue weighted by Crippen LogP contribution is 2.19. The topological polar surface area (TPSA) is 3.24 Å². The van der Waals surface area contributed by atoms with Crippen molar-refractivity contribution in [2.75, 3.05) is 18.0 Å². The molecule has 1 heteroatoms. The van der Waals surface area contributed by atoms with Gasteiger partial charge >= 0.3 is 0 Å². The van der Waals surface area contributed by atoms with Gasteiger partial charge in [0.15, 0.2) is 0 Å². The Morgan fingerprint density at radius 3 is 2.27 bits per heavy atom. The van der Waals surface area contributed by atoms with E-state index in [-0.39, 0.29) is 0 Å². The van der Waals surface area contributed by atoms with Gasteiger partial charge in [-0.05, 0) is 25.0 Å². The fourth-order valence-corrected chi connectivity index (χ4v) is 1.76. The first kappa shape index (κ1) is 11.7. The molecule has 0 fully saturated rings. The summed E-state index contributed by atoms with van der Waals surface area (Å²) in [6.07, 6.45) is 7.81. The number of nitrogens with zero attached hydrogens (tertiary/aromatic N) is 1. The Morgan fingerprint density at radius 2 is 1.73 bits per heavy atom. The third-order valence-corrected chi connectivity index (χ3v) is 2.39. The molecule has 0 aromatic heterocycles. The molecule has 0 saturated heterocycles. The molecular weight excluding hydrogens is 182 g/mol. The Bertz CT molecular complexity index is 329. The predicted octanol–water partition coefficient (Wildman–Crippen LogP) is 3.29. The van der Waals surface area contributed by atoms with E-state index in [0.717, 1.165) is 31.5 Å². The van der Waals surface area contributed by atoms with Crippen LogP contribution in [0.5, 0.6) is 0 Å². The minimum Gasteiger partial charge on any atom is -0.371 e. The van der Waals surface area contributed by atoms with Gasteiger partial charge in [0.05, 0.1) is 5.69 Å². The molecule has 0 unspecified atom stereocenters. The van der Waals surface area contributed by atoms with E-state index >= 15 is 0 Å². The highest BCUT2D eigenvalue weighted by molar-refractivity contribution is 5.60. The molecule has 1 aromatic rings. The van der Waals surface area contributed by atoms with E-state index in [2.05, 4.69) is 36.8 Å². The first-order chi connectivity index (χ1) is 7.33. The Morgan fingerprint density at radius 1 is 1.13 bits per heavy atom. The summed E-state index contributed by atoms with van der Waals surface area (Å²) >= 11 is 0. The second-order valence-electron chi connectivity index (χ2n) is 3.65. The van der Waals surface area contributed by atoms with Crippen LogP contribution in [0.4, 0.5) is 5.69 Å². The van der Waals surface area contributed by atoms with Crippen LogP contribution in [-0.4, -0.2) is 13.1 Å². The van der Waals surface area contributed by atoms with Gasteiger partial charge in [-0.2, -0.15) is 0 Å².